The minimum Gasteiger partial charge on any atom is -0.310 e. The van der Waals surface area contributed by atoms with Crippen LogP contribution in [0, 0.1) is 37.2 Å². The van der Waals surface area contributed by atoms with Gasteiger partial charge in [-0.15, -0.1) is 0 Å². The fourth-order valence-corrected chi connectivity index (χ4v) is 4.12. The second-order valence-corrected chi connectivity index (χ2v) is 7.89. The summed E-state index contributed by atoms with van der Waals surface area (Å²) >= 11 is 0. The number of carbonyl (C=O) groups is 1. The molecule has 2 heterocycles. The van der Waals surface area contributed by atoms with Gasteiger partial charge in [0.2, 0.25) is 5.91 Å². The molecular weight excluding hydrogens is 405 g/mol. The van der Waals surface area contributed by atoms with Crippen LogP contribution >= 0.6 is 0 Å². The van der Waals surface area contributed by atoms with Crippen LogP contribution in [0.4, 0.5) is 19.0 Å². The highest BCUT2D eigenvalue weighted by atomic mass is 19.2. The van der Waals surface area contributed by atoms with Crippen LogP contribution in [-0.4, -0.2) is 20.9 Å². The lowest BCUT2D eigenvalue weighted by Gasteiger charge is -2.19. The van der Waals surface area contributed by atoms with Crippen LogP contribution in [0.2, 0.25) is 0 Å². The van der Waals surface area contributed by atoms with Crippen LogP contribution in [0.15, 0.2) is 42.7 Å². The normalized spacial score (nSPS) is 19.8. The molecule has 0 radical (unpaired) electrons. The average molecular weight is 426 g/mol. The first-order valence-electron chi connectivity index (χ1n) is 9.96. The van der Waals surface area contributed by atoms with Crippen molar-refractivity contribution in [1.29, 1.82) is 0 Å². The Bertz CT molecular complexity index is 1140. The molecule has 2 aromatic heterocycles. The van der Waals surface area contributed by atoms with Gasteiger partial charge in [0.25, 0.3) is 0 Å². The Morgan fingerprint density at radius 1 is 1.13 bits per heavy atom. The van der Waals surface area contributed by atoms with E-state index in [0.717, 1.165) is 23.5 Å². The van der Waals surface area contributed by atoms with E-state index in [-0.39, 0.29) is 17.3 Å². The van der Waals surface area contributed by atoms with Crippen LogP contribution in [0.25, 0.3) is 0 Å². The van der Waals surface area contributed by atoms with Gasteiger partial charge in [-0.1, -0.05) is 12.1 Å². The van der Waals surface area contributed by atoms with Crippen molar-refractivity contribution in [1.82, 2.24) is 15.0 Å². The molecule has 1 N–H and O–H groups in total. The van der Waals surface area contributed by atoms with Gasteiger partial charge in [-0.3, -0.25) is 4.79 Å². The second-order valence-electron chi connectivity index (χ2n) is 7.89. The quantitative estimate of drug-likeness (QED) is 0.633. The molecule has 31 heavy (non-hydrogen) atoms. The third-order valence-corrected chi connectivity index (χ3v) is 5.90. The van der Waals surface area contributed by atoms with Crippen molar-refractivity contribution in [3.63, 3.8) is 0 Å². The smallest absolute Gasteiger partial charge is 0.229 e. The number of hydrogen-bond acceptors (Lipinski definition) is 4. The first-order chi connectivity index (χ1) is 14.8. The lowest BCUT2D eigenvalue weighted by Crippen LogP contribution is -2.23. The molecule has 2 unspecified atom stereocenters. The SMILES string of the molecule is Cc1ncc(CCC2(c3cccc(F)c3F)CC2C(=O)Nc2ccc(F)cn2)c(C)n1. The summed E-state index contributed by atoms with van der Waals surface area (Å²) < 4.78 is 41.8. The number of nitrogens with one attached hydrogen (secondary N) is 1. The molecule has 1 aromatic carbocycles. The Balaban J connectivity index is 1.60. The molecule has 1 aliphatic carbocycles. The summed E-state index contributed by atoms with van der Waals surface area (Å²) in [5.74, 6) is -2.47. The van der Waals surface area contributed by atoms with Crippen molar-refractivity contribution in [2.75, 3.05) is 5.32 Å². The highest BCUT2D eigenvalue weighted by molar-refractivity contribution is 5.95. The maximum atomic E-state index is 14.7. The van der Waals surface area contributed by atoms with Gasteiger partial charge < -0.3 is 5.32 Å². The zero-order valence-corrected chi connectivity index (χ0v) is 17.1. The number of pyridine rings is 1. The van der Waals surface area contributed by atoms with Gasteiger partial charge in [0.15, 0.2) is 11.6 Å². The van der Waals surface area contributed by atoms with Crippen LogP contribution in [-0.2, 0) is 16.6 Å². The van der Waals surface area contributed by atoms with Gasteiger partial charge in [0.05, 0.1) is 6.20 Å². The number of aromatic nitrogens is 3. The molecule has 1 fully saturated rings. The van der Waals surface area contributed by atoms with Crippen molar-refractivity contribution in [3.8, 4) is 0 Å². The number of amides is 1. The molecular formula is C23H21F3N4O. The van der Waals surface area contributed by atoms with Gasteiger partial charge in [-0.2, -0.15) is 0 Å². The van der Waals surface area contributed by atoms with E-state index in [9.17, 15) is 18.0 Å². The molecule has 5 nitrogen and oxygen atoms in total. The summed E-state index contributed by atoms with van der Waals surface area (Å²) in [7, 11) is 0. The van der Waals surface area contributed by atoms with Gasteiger partial charge in [0.1, 0.15) is 17.5 Å². The highest BCUT2D eigenvalue weighted by Gasteiger charge is 2.59. The number of halogens is 3. The first-order valence-corrected chi connectivity index (χ1v) is 9.96. The minimum atomic E-state index is -0.946. The Morgan fingerprint density at radius 2 is 1.94 bits per heavy atom. The van der Waals surface area contributed by atoms with E-state index in [1.165, 1.54) is 24.3 Å². The number of hydrogen-bond donors (Lipinski definition) is 1. The topological polar surface area (TPSA) is 67.8 Å². The average Bonchev–Trinajstić information content (AvgIpc) is 3.47. The number of benzene rings is 1. The summed E-state index contributed by atoms with van der Waals surface area (Å²) in [6.45, 7) is 3.67. The summed E-state index contributed by atoms with van der Waals surface area (Å²) in [5.41, 5.74) is 1.05. The predicted molar refractivity (Wildman–Crippen MR) is 109 cm³/mol. The number of anilines is 1. The van der Waals surface area contributed by atoms with Crippen LogP contribution < -0.4 is 5.32 Å². The zero-order chi connectivity index (χ0) is 22.2. The maximum Gasteiger partial charge on any atom is 0.229 e. The Labute approximate surface area is 177 Å². The van der Waals surface area contributed by atoms with Crippen LogP contribution in [0.3, 0.4) is 0 Å². The molecule has 1 aliphatic rings. The van der Waals surface area contributed by atoms with Gasteiger partial charge in [-0.05, 0) is 62.4 Å². The third-order valence-electron chi connectivity index (χ3n) is 5.90. The van der Waals surface area contributed by atoms with E-state index in [2.05, 4.69) is 20.3 Å². The van der Waals surface area contributed by atoms with E-state index in [1.54, 1.807) is 13.1 Å². The summed E-state index contributed by atoms with van der Waals surface area (Å²) in [6, 6.07) is 6.58. The first kappa shape index (κ1) is 21.0. The zero-order valence-electron chi connectivity index (χ0n) is 17.1. The Kier molecular flexibility index (Phi) is 5.47. The summed E-state index contributed by atoms with van der Waals surface area (Å²) in [6.07, 6.45) is 4.04. The molecule has 3 aromatic rings. The van der Waals surface area contributed by atoms with Gasteiger partial charge in [-0.25, -0.2) is 28.1 Å². The lowest BCUT2D eigenvalue weighted by atomic mass is 9.86. The van der Waals surface area contributed by atoms with Crippen molar-refractivity contribution in [2.24, 2.45) is 5.92 Å². The number of rotatable bonds is 6. The van der Waals surface area contributed by atoms with Gasteiger partial charge >= 0.3 is 0 Å². The summed E-state index contributed by atoms with van der Waals surface area (Å²) in [4.78, 5) is 25.3. The summed E-state index contributed by atoms with van der Waals surface area (Å²) in [5, 5.41) is 2.65. The Hall–Kier alpha value is -3.29. The van der Waals surface area contributed by atoms with E-state index in [1.807, 2.05) is 6.92 Å². The molecule has 2 atom stereocenters. The van der Waals surface area contributed by atoms with E-state index >= 15 is 0 Å². The molecule has 0 spiro atoms. The van der Waals surface area contributed by atoms with Crippen LogP contribution in [0.1, 0.15) is 35.5 Å². The maximum absolute atomic E-state index is 14.7. The monoisotopic (exact) mass is 426 g/mol. The Morgan fingerprint density at radius 3 is 2.65 bits per heavy atom. The molecule has 8 heteroatoms. The number of aryl methyl sites for hydroxylation is 3. The molecule has 0 saturated heterocycles. The molecule has 1 saturated carbocycles. The fourth-order valence-electron chi connectivity index (χ4n) is 4.12. The van der Waals surface area contributed by atoms with Crippen molar-refractivity contribution < 1.29 is 18.0 Å². The standard InChI is InChI=1S/C23H21F3N4O/c1-13-15(11-27-14(2)29-13)8-9-23(17-4-3-5-19(25)21(17)26)10-18(23)22(31)30-20-7-6-16(24)12-28-20/h3-7,11-12,18H,8-10H2,1-2H3,(H,28,30,31). The third kappa shape index (κ3) is 4.15. The molecule has 1 amide bonds. The van der Waals surface area contributed by atoms with Gasteiger partial charge in [0, 0.05) is 23.2 Å². The molecule has 0 bridgehead atoms. The molecule has 4 rings (SSSR count). The van der Waals surface area contributed by atoms with E-state index in [0.29, 0.717) is 25.1 Å². The molecule has 160 valence electrons. The lowest BCUT2D eigenvalue weighted by molar-refractivity contribution is -0.117. The molecule has 0 aliphatic heterocycles. The van der Waals surface area contributed by atoms with Crippen molar-refractivity contribution in [3.05, 3.63) is 82.8 Å². The largest absolute Gasteiger partial charge is 0.310 e. The number of nitrogens with zero attached hydrogens (tertiary/aromatic N) is 3. The predicted octanol–water partition coefficient (Wildman–Crippen LogP) is 4.43. The van der Waals surface area contributed by atoms with Crippen molar-refractivity contribution >= 4 is 11.7 Å². The van der Waals surface area contributed by atoms with E-state index < -0.39 is 28.8 Å². The fraction of sp³-hybridized carbons (Fsp3) is 0.304. The second kappa shape index (κ2) is 8.09. The number of carbonyl (C=O) groups excluding carboxylic acids is 1. The minimum absolute atomic E-state index is 0.186. The van der Waals surface area contributed by atoms with Crippen LogP contribution in [0.5, 0.6) is 0 Å². The highest BCUT2D eigenvalue weighted by Crippen LogP contribution is 2.58. The van der Waals surface area contributed by atoms with Crippen molar-refractivity contribution in [2.45, 2.75) is 38.5 Å². The van der Waals surface area contributed by atoms with E-state index in [4.69, 9.17) is 0 Å².